The lowest BCUT2D eigenvalue weighted by Gasteiger charge is -2.19. The number of benzene rings is 1. The predicted octanol–water partition coefficient (Wildman–Crippen LogP) is 5.01. The van der Waals surface area contributed by atoms with Crippen molar-refractivity contribution in [3.05, 3.63) is 52.3 Å². The average Bonchev–Trinajstić information content (AvgIpc) is 2.47. The van der Waals surface area contributed by atoms with Gasteiger partial charge in [0.2, 0.25) is 0 Å². The van der Waals surface area contributed by atoms with Crippen molar-refractivity contribution in [3.8, 4) is 11.5 Å². The van der Waals surface area contributed by atoms with Crippen LogP contribution in [0.5, 0.6) is 11.5 Å². The minimum atomic E-state index is 0.241. The van der Waals surface area contributed by atoms with E-state index in [2.05, 4.69) is 46.1 Å². The molecule has 1 N–H and O–H groups in total. The summed E-state index contributed by atoms with van der Waals surface area (Å²) in [5.41, 5.74) is 2.03. The van der Waals surface area contributed by atoms with Gasteiger partial charge in [-0.15, -0.1) is 0 Å². The van der Waals surface area contributed by atoms with E-state index in [4.69, 9.17) is 4.74 Å². The molecule has 1 atom stereocenters. The number of aromatic nitrogens is 1. The predicted molar refractivity (Wildman–Crippen MR) is 89.9 cm³/mol. The summed E-state index contributed by atoms with van der Waals surface area (Å²) in [6.45, 7) is 7.26. The molecule has 0 saturated heterocycles. The van der Waals surface area contributed by atoms with E-state index < -0.39 is 0 Å². The quantitative estimate of drug-likeness (QED) is 0.796. The number of hydrogen-bond donors (Lipinski definition) is 1. The van der Waals surface area contributed by atoms with E-state index in [0.717, 1.165) is 40.2 Å². The highest BCUT2D eigenvalue weighted by Crippen LogP contribution is 2.33. The largest absolute Gasteiger partial charge is 0.455 e. The molecular weight excluding hydrogens is 328 g/mol. The first-order valence-corrected chi connectivity index (χ1v) is 8.03. The van der Waals surface area contributed by atoms with Gasteiger partial charge in [-0.2, -0.15) is 0 Å². The van der Waals surface area contributed by atoms with Crippen molar-refractivity contribution < 1.29 is 4.74 Å². The molecule has 2 aromatic rings. The molecule has 0 saturated carbocycles. The zero-order valence-electron chi connectivity index (χ0n) is 12.7. The molecule has 21 heavy (non-hydrogen) atoms. The van der Waals surface area contributed by atoms with E-state index in [1.807, 2.05) is 31.2 Å². The molecule has 1 aromatic heterocycles. The van der Waals surface area contributed by atoms with Crippen molar-refractivity contribution in [2.24, 2.45) is 0 Å². The van der Waals surface area contributed by atoms with Gasteiger partial charge in [-0.3, -0.25) is 4.98 Å². The fourth-order valence-corrected chi connectivity index (χ4v) is 2.46. The number of nitrogens with zero attached hydrogens (tertiary/aromatic N) is 1. The first kappa shape index (κ1) is 16.0. The van der Waals surface area contributed by atoms with E-state index in [9.17, 15) is 0 Å². The maximum atomic E-state index is 6.09. The number of hydrogen-bond acceptors (Lipinski definition) is 3. The first-order valence-electron chi connectivity index (χ1n) is 7.24. The van der Waals surface area contributed by atoms with Gasteiger partial charge in [0.1, 0.15) is 11.5 Å². The Kier molecular flexibility index (Phi) is 5.76. The third-order valence-corrected chi connectivity index (χ3v) is 3.81. The van der Waals surface area contributed by atoms with Crippen LogP contribution in [-0.4, -0.2) is 11.5 Å². The van der Waals surface area contributed by atoms with Crippen LogP contribution < -0.4 is 10.1 Å². The topological polar surface area (TPSA) is 34.1 Å². The van der Waals surface area contributed by atoms with Crippen LogP contribution in [0.4, 0.5) is 0 Å². The molecule has 0 fully saturated rings. The second-order valence-electron chi connectivity index (χ2n) is 5.05. The van der Waals surface area contributed by atoms with Gasteiger partial charge in [-0.1, -0.05) is 28.9 Å². The van der Waals surface area contributed by atoms with E-state index in [1.165, 1.54) is 0 Å². The molecule has 112 valence electrons. The van der Waals surface area contributed by atoms with Crippen LogP contribution in [0.3, 0.4) is 0 Å². The summed E-state index contributed by atoms with van der Waals surface area (Å²) >= 11 is 3.51. The molecule has 0 spiro atoms. The Bertz CT molecular complexity index is 601. The summed E-state index contributed by atoms with van der Waals surface area (Å²) in [5, 5.41) is 3.50. The lowest BCUT2D eigenvalue weighted by Crippen LogP contribution is -2.19. The van der Waals surface area contributed by atoms with Gasteiger partial charge < -0.3 is 10.1 Å². The summed E-state index contributed by atoms with van der Waals surface area (Å²) in [7, 11) is 0. The monoisotopic (exact) mass is 348 g/mol. The van der Waals surface area contributed by atoms with E-state index in [-0.39, 0.29) is 6.04 Å². The molecule has 0 amide bonds. The molecule has 3 nitrogen and oxygen atoms in total. The Labute approximate surface area is 134 Å². The summed E-state index contributed by atoms with van der Waals surface area (Å²) < 4.78 is 7.09. The standard InChI is InChI=1S/C17H21BrN2O/c1-4-9-19-12(2)15-8-7-14(18)11-17(15)21-16-6-5-10-20-13(16)3/h5-8,10-12,19H,4,9H2,1-3H3. The molecule has 0 aliphatic rings. The van der Waals surface area contributed by atoms with Gasteiger partial charge in [0.05, 0.1) is 5.69 Å². The van der Waals surface area contributed by atoms with Crippen LogP contribution >= 0.6 is 15.9 Å². The molecule has 4 heteroatoms. The average molecular weight is 349 g/mol. The molecular formula is C17H21BrN2O. The van der Waals surface area contributed by atoms with Crippen molar-refractivity contribution in [1.82, 2.24) is 10.3 Å². The number of nitrogens with one attached hydrogen (secondary N) is 1. The molecule has 2 rings (SSSR count). The van der Waals surface area contributed by atoms with Crippen LogP contribution in [0.2, 0.25) is 0 Å². The highest BCUT2D eigenvalue weighted by molar-refractivity contribution is 9.10. The Balaban J connectivity index is 2.29. The second-order valence-corrected chi connectivity index (χ2v) is 5.96. The Morgan fingerprint density at radius 1 is 1.29 bits per heavy atom. The van der Waals surface area contributed by atoms with Gasteiger partial charge in [0.15, 0.2) is 0 Å². The van der Waals surface area contributed by atoms with E-state index >= 15 is 0 Å². The summed E-state index contributed by atoms with van der Waals surface area (Å²) in [6.07, 6.45) is 2.88. The Hall–Kier alpha value is -1.39. The fraction of sp³-hybridized carbons (Fsp3) is 0.353. The number of aryl methyl sites for hydroxylation is 1. The highest BCUT2D eigenvalue weighted by Gasteiger charge is 2.13. The van der Waals surface area contributed by atoms with Crippen LogP contribution in [0, 0.1) is 6.92 Å². The van der Waals surface area contributed by atoms with Gasteiger partial charge in [0.25, 0.3) is 0 Å². The number of halogens is 1. The van der Waals surface area contributed by atoms with Gasteiger partial charge in [-0.05, 0) is 51.1 Å². The minimum Gasteiger partial charge on any atom is -0.455 e. The first-order chi connectivity index (χ1) is 10.1. The van der Waals surface area contributed by atoms with Crippen LogP contribution in [0.25, 0.3) is 0 Å². The molecule has 0 bridgehead atoms. The fourth-order valence-electron chi connectivity index (χ4n) is 2.12. The molecule has 1 heterocycles. The Morgan fingerprint density at radius 3 is 2.81 bits per heavy atom. The van der Waals surface area contributed by atoms with Crippen LogP contribution in [0.15, 0.2) is 41.0 Å². The molecule has 1 unspecified atom stereocenters. The molecule has 0 aliphatic carbocycles. The SMILES string of the molecule is CCCNC(C)c1ccc(Br)cc1Oc1cccnc1C. The second kappa shape index (κ2) is 7.57. The van der Waals surface area contributed by atoms with Crippen molar-refractivity contribution in [2.45, 2.75) is 33.2 Å². The third kappa shape index (κ3) is 4.29. The summed E-state index contributed by atoms with van der Waals surface area (Å²) in [4.78, 5) is 4.27. The van der Waals surface area contributed by atoms with Gasteiger partial charge in [-0.25, -0.2) is 0 Å². The molecule has 0 aliphatic heterocycles. The normalized spacial score (nSPS) is 12.2. The van der Waals surface area contributed by atoms with Gasteiger partial charge in [0, 0.05) is 22.3 Å². The Morgan fingerprint density at radius 2 is 2.10 bits per heavy atom. The molecule has 0 radical (unpaired) electrons. The third-order valence-electron chi connectivity index (χ3n) is 3.32. The van der Waals surface area contributed by atoms with Crippen molar-refractivity contribution >= 4 is 15.9 Å². The number of pyridine rings is 1. The zero-order valence-corrected chi connectivity index (χ0v) is 14.3. The smallest absolute Gasteiger partial charge is 0.148 e. The van der Waals surface area contributed by atoms with Crippen LogP contribution in [0.1, 0.15) is 37.6 Å². The van der Waals surface area contributed by atoms with E-state index in [1.54, 1.807) is 6.20 Å². The maximum absolute atomic E-state index is 6.09. The minimum absolute atomic E-state index is 0.241. The maximum Gasteiger partial charge on any atom is 0.148 e. The molecule has 1 aromatic carbocycles. The summed E-state index contributed by atoms with van der Waals surface area (Å²) in [6, 6.07) is 10.2. The number of rotatable bonds is 6. The van der Waals surface area contributed by atoms with Crippen LogP contribution in [-0.2, 0) is 0 Å². The lowest BCUT2D eigenvalue weighted by atomic mass is 10.1. The van der Waals surface area contributed by atoms with Crippen molar-refractivity contribution in [2.75, 3.05) is 6.54 Å². The van der Waals surface area contributed by atoms with Crippen molar-refractivity contribution in [1.29, 1.82) is 0 Å². The van der Waals surface area contributed by atoms with Gasteiger partial charge >= 0.3 is 0 Å². The lowest BCUT2D eigenvalue weighted by molar-refractivity contribution is 0.455. The zero-order chi connectivity index (χ0) is 15.2. The number of ether oxygens (including phenoxy) is 1. The van der Waals surface area contributed by atoms with Crippen molar-refractivity contribution in [3.63, 3.8) is 0 Å². The summed E-state index contributed by atoms with van der Waals surface area (Å²) in [5.74, 6) is 1.65. The highest BCUT2D eigenvalue weighted by atomic mass is 79.9. The van der Waals surface area contributed by atoms with E-state index in [0.29, 0.717) is 0 Å².